The quantitative estimate of drug-likeness (QED) is 0.364. The first-order chi connectivity index (χ1) is 15.0. The Morgan fingerprint density at radius 1 is 1.23 bits per heavy atom. The summed E-state index contributed by atoms with van der Waals surface area (Å²) in [5.74, 6) is 0.597. The van der Waals surface area contributed by atoms with Crippen LogP contribution in [0.2, 0.25) is 25.7 Å². The van der Waals surface area contributed by atoms with E-state index < -0.39 is 8.07 Å². The molecule has 168 valence electrons. The van der Waals surface area contributed by atoms with Crippen LogP contribution in [0.4, 0.5) is 0 Å². The lowest BCUT2D eigenvalue weighted by atomic mass is 9.96. The summed E-state index contributed by atoms with van der Waals surface area (Å²) in [5, 5.41) is 15.3. The molecule has 0 spiro atoms. The van der Waals surface area contributed by atoms with E-state index in [-0.39, 0.29) is 12.6 Å². The average Bonchev–Trinajstić information content (AvgIpc) is 3.50. The highest BCUT2D eigenvalue weighted by atomic mass is 28.3. The predicted molar refractivity (Wildman–Crippen MR) is 126 cm³/mol. The van der Waals surface area contributed by atoms with Gasteiger partial charge in [-0.1, -0.05) is 32.5 Å². The normalized spacial score (nSPS) is 16.4. The van der Waals surface area contributed by atoms with Crippen LogP contribution in [0.3, 0.4) is 0 Å². The molecule has 0 amide bonds. The molecule has 1 saturated carbocycles. The lowest BCUT2D eigenvalue weighted by molar-refractivity contribution is 0.0899. The van der Waals surface area contributed by atoms with Crippen LogP contribution in [0.1, 0.15) is 38.1 Å². The summed E-state index contributed by atoms with van der Waals surface area (Å²) in [7, 11) is -1.09. The molecule has 3 heterocycles. The molecule has 1 N–H and O–H groups in total. The predicted octanol–water partition coefficient (Wildman–Crippen LogP) is 4.72. The van der Waals surface area contributed by atoms with E-state index in [2.05, 4.69) is 47.0 Å². The number of aromatic nitrogens is 5. The van der Waals surface area contributed by atoms with Crippen molar-refractivity contribution in [1.82, 2.24) is 24.3 Å². The second-order valence-electron chi connectivity index (χ2n) is 9.93. The van der Waals surface area contributed by atoms with Crippen LogP contribution < -0.4 is 0 Å². The zero-order chi connectivity index (χ0) is 21.8. The summed E-state index contributed by atoms with van der Waals surface area (Å²) in [6.07, 6.45) is 13.4. The summed E-state index contributed by atoms with van der Waals surface area (Å²) in [5.41, 5.74) is 2.77. The smallest absolute Gasteiger partial charge is 0.145 e. The van der Waals surface area contributed by atoms with Crippen LogP contribution in [0.5, 0.6) is 0 Å². The average molecular weight is 442 g/mol. The SMILES string of the molecule is C[Si](C)(C)CCOCn1ccc2c(-c3cnn(C(CCO)C4CCCC4)c3)ncnc21. The van der Waals surface area contributed by atoms with Crippen molar-refractivity contribution in [3.05, 3.63) is 31.0 Å². The molecule has 3 aromatic rings. The largest absolute Gasteiger partial charge is 0.396 e. The lowest BCUT2D eigenvalue weighted by Gasteiger charge is -2.23. The molecule has 8 heteroatoms. The number of ether oxygens (including phenoxy) is 1. The fourth-order valence-corrected chi connectivity index (χ4v) is 5.34. The van der Waals surface area contributed by atoms with Gasteiger partial charge >= 0.3 is 0 Å². The van der Waals surface area contributed by atoms with Crippen molar-refractivity contribution < 1.29 is 9.84 Å². The number of aliphatic hydroxyl groups is 1. The lowest BCUT2D eigenvalue weighted by Crippen LogP contribution is -2.22. The third kappa shape index (κ3) is 5.24. The first-order valence-corrected chi connectivity index (χ1v) is 15.2. The van der Waals surface area contributed by atoms with Gasteiger partial charge in [0.05, 0.1) is 17.9 Å². The zero-order valence-corrected chi connectivity index (χ0v) is 20.0. The van der Waals surface area contributed by atoms with Gasteiger partial charge in [0.25, 0.3) is 0 Å². The van der Waals surface area contributed by atoms with Crippen LogP contribution in [0, 0.1) is 5.92 Å². The zero-order valence-electron chi connectivity index (χ0n) is 19.0. The Morgan fingerprint density at radius 3 is 2.77 bits per heavy atom. The number of nitrogens with zero attached hydrogens (tertiary/aromatic N) is 5. The molecule has 31 heavy (non-hydrogen) atoms. The van der Waals surface area contributed by atoms with Gasteiger partial charge in [-0.25, -0.2) is 9.97 Å². The van der Waals surface area contributed by atoms with E-state index in [0.29, 0.717) is 12.6 Å². The van der Waals surface area contributed by atoms with Crippen molar-refractivity contribution in [2.24, 2.45) is 5.92 Å². The summed E-state index contributed by atoms with van der Waals surface area (Å²) in [6.45, 7) is 8.56. The van der Waals surface area contributed by atoms with Gasteiger partial charge in [-0.15, -0.1) is 0 Å². The molecule has 0 aliphatic heterocycles. The van der Waals surface area contributed by atoms with Crippen molar-refractivity contribution >= 4 is 19.1 Å². The second-order valence-corrected chi connectivity index (χ2v) is 15.5. The highest BCUT2D eigenvalue weighted by Gasteiger charge is 2.27. The van der Waals surface area contributed by atoms with E-state index in [0.717, 1.165) is 41.4 Å². The first kappa shape index (κ1) is 22.2. The van der Waals surface area contributed by atoms with Gasteiger partial charge in [0.15, 0.2) is 0 Å². The number of rotatable bonds is 10. The number of hydrogen-bond acceptors (Lipinski definition) is 5. The van der Waals surface area contributed by atoms with E-state index in [1.165, 1.54) is 25.7 Å². The van der Waals surface area contributed by atoms with Gasteiger partial charge in [0.2, 0.25) is 0 Å². The molecule has 0 saturated heterocycles. The van der Waals surface area contributed by atoms with Crippen molar-refractivity contribution in [1.29, 1.82) is 0 Å². The minimum Gasteiger partial charge on any atom is -0.396 e. The molecule has 7 nitrogen and oxygen atoms in total. The summed E-state index contributed by atoms with van der Waals surface area (Å²) >= 11 is 0. The highest BCUT2D eigenvalue weighted by Crippen LogP contribution is 2.36. The van der Waals surface area contributed by atoms with Crippen LogP contribution in [0.25, 0.3) is 22.3 Å². The van der Waals surface area contributed by atoms with Gasteiger partial charge in [0.1, 0.15) is 18.7 Å². The van der Waals surface area contributed by atoms with Crippen LogP contribution in [0.15, 0.2) is 31.0 Å². The Morgan fingerprint density at radius 2 is 2.03 bits per heavy atom. The number of aliphatic hydroxyl groups excluding tert-OH is 1. The fraction of sp³-hybridized carbons (Fsp3) is 0.609. The maximum Gasteiger partial charge on any atom is 0.145 e. The first-order valence-electron chi connectivity index (χ1n) is 11.5. The van der Waals surface area contributed by atoms with Crippen LogP contribution >= 0.6 is 0 Å². The minimum atomic E-state index is -1.09. The molecule has 0 bridgehead atoms. The highest BCUT2D eigenvalue weighted by molar-refractivity contribution is 6.76. The number of hydrogen-bond donors (Lipinski definition) is 1. The van der Waals surface area contributed by atoms with Crippen LogP contribution in [-0.4, -0.2) is 50.7 Å². The van der Waals surface area contributed by atoms with E-state index in [1.807, 2.05) is 21.6 Å². The molecule has 1 aliphatic rings. The van der Waals surface area contributed by atoms with Crippen molar-refractivity contribution in [2.45, 2.75) is 70.6 Å². The minimum absolute atomic E-state index is 0.189. The van der Waals surface area contributed by atoms with Gasteiger partial charge < -0.3 is 14.4 Å². The van der Waals surface area contributed by atoms with Gasteiger partial charge in [0, 0.05) is 44.6 Å². The molecule has 1 fully saturated rings. The molecule has 3 aromatic heterocycles. The number of fused-ring (bicyclic) bond motifs is 1. The second kappa shape index (κ2) is 9.63. The molecule has 0 aromatic carbocycles. The molecule has 1 unspecified atom stereocenters. The molecule has 0 radical (unpaired) electrons. The maximum atomic E-state index is 9.59. The van der Waals surface area contributed by atoms with Gasteiger partial charge in [-0.3, -0.25) is 4.68 Å². The Bertz CT molecular complexity index is 987. The van der Waals surface area contributed by atoms with Gasteiger partial charge in [-0.2, -0.15) is 5.10 Å². The Kier molecular flexibility index (Phi) is 6.88. The standard InChI is InChI=1S/C23H35N5O2Si/c1-31(2,3)13-12-30-17-27-10-8-20-22(24-16-25-23(20)27)19-14-26-28(15-19)21(9-11-29)18-6-4-5-7-18/h8,10,14-16,18,21,29H,4-7,9,11-13,17H2,1-3H3. The Hall–Kier alpha value is -2.03. The van der Waals surface area contributed by atoms with Crippen molar-refractivity contribution in [3.8, 4) is 11.3 Å². The summed E-state index contributed by atoms with van der Waals surface area (Å²) < 4.78 is 10.0. The van der Waals surface area contributed by atoms with E-state index in [9.17, 15) is 5.11 Å². The summed E-state index contributed by atoms with van der Waals surface area (Å²) in [6, 6.07) is 3.47. The monoisotopic (exact) mass is 441 g/mol. The van der Waals surface area contributed by atoms with Crippen molar-refractivity contribution in [3.63, 3.8) is 0 Å². The third-order valence-corrected chi connectivity index (χ3v) is 8.07. The maximum absolute atomic E-state index is 9.59. The fourth-order valence-electron chi connectivity index (χ4n) is 4.58. The molecular formula is C23H35N5O2Si. The summed E-state index contributed by atoms with van der Waals surface area (Å²) in [4.78, 5) is 9.08. The van der Waals surface area contributed by atoms with E-state index >= 15 is 0 Å². The Labute approximate surface area is 185 Å². The van der Waals surface area contributed by atoms with E-state index in [1.54, 1.807) is 6.33 Å². The van der Waals surface area contributed by atoms with Crippen molar-refractivity contribution in [2.75, 3.05) is 13.2 Å². The Balaban J connectivity index is 1.53. The molecular weight excluding hydrogens is 406 g/mol. The van der Waals surface area contributed by atoms with Gasteiger partial charge in [-0.05, 0) is 37.3 Å². The molecule has 4 rings (SSSR count). The van der Waals surface area contributed by atoms with E-state index in [4.69, 9.17) is 4.74 Å². The van der Waals surface area contributed by atoms with Crippen LogP contribution in [-0.2, 0) is 11.5 Å². The third-order valence-electron chi connectivity index (χ3n) is 6.37. The topological polar surface area (TPSA) is 78.0 Å². The molecule has 1 aliphatic carbocycles. The molecule has 1 atom stereocenters.